The highest BCUT2D eigenvalue weighted by Crippen LogP contribution is 2.16. The van der Waals surface area contributed by atoms with Crippen LogP contribution in [-0.2, 0) is 0 Å². The Kier molecular flexibility index (Phi) is 19.2. The Morgan fingerprint density at radius 1 is 0.333 bits per heavy atom. The molecule has 0 aliphatic rings. The number of rotatable bonds is 21. The lowest BCUT2D eigenvalue weighted by atomic mass is 9.98. The molecule has 182 valence electrons. The molecular formula is C22H46O8. The van der Waals surface area contributed by atoms with Gasteiger partial charge in [0.2, 0.25) is 0 Å². The number of aliphatic hydroxyl groups excluding tert-OH is 8. The average Bonchev–Trinajstić information content (AvgIpc) is 2.76. The van der Waals surface area contributed by atoms with Crippen molar-refractivity contribution in [3.05, 3.63) is 0 Å². The van der Waals surface area contributed by atoms with E-state index in [1.54, 1.807) is 0 Å². The lowest BCUT2D eigenvalue weighted by Gasteiger charge is -2.25. The fourth-order valence-corrected chi connectivity index (χ4v) is 3.52. The Hall–Kier alpha value is -0.320. The third kappa shape index (κ3) is 14.6. The SMILES string of the molecule is OCC(O)C(O)CCCCCCCCCCCCCCC(O)C(O)C(O)C(O)CO. The first-order valence-electron chi connectivity index (χ1n) is 11.6. The molecule has 0 amide bonds. The van der Waals surface area contributed by atoms with Crippen LogP contribution in [0.2, 0.25) is 0 Å². The molecule has 0 aromatic carbocycles. The second-order valence-corrected chi connectivity index (χ2v) is 8.44. The smallest absolute Gasteiger partial charge is 0.110 e. The molecule has 0 saturated carbocycles. The Bertz CT molecular complexity index is 371. The van der Waals surface area contributed by atoms with Crippen LogP contribution in [0.1, 0.15) is 89.9 Å². The third-order valence-corrected chi connectivity index (χ3v) is 5.71. The molecule has 8 N–H and O–H groups in total. The largest absolute Gasteiger partial charge is 0.394 e. The number of hydrogen-bond donors (Lipinski definition) is 8. The van der Waals surface area contributed by atoms with Crippen molar-refractivity contribution in [1.82, 2.24) is 0 Å². The minimum atomic E-state index is -1.55. The van der Waals surface area contributed by atoms with Gasteiger partial charge >= 0.3 is 0 Å². The fraction of sp³-hybridized carbons (Fsp3) is 1.00. The minimum Gasteiger partial charge on any atom is -0.394 e. The van der Waals surface area contributed by atoms with Crippen LogP contribution in [0.4, 0.5) is 0 Å². The molecule has 0 spiro atoms. The zero-order chi connectivity index (χ0) is 22.8. The molecule has 0 saturated heterocycles. The molecule has 8 heteroatoms. The van der Waals surface area contributed by atoms with Crippen molar-refractivity contribution < 1.29 is 40.9 Å². The summed E-state index contributed by atoms with van der Waals surface area (Å²) in [5, 5.41) is 74.7. The summed E-state index contributed by atoms with van der Waals surface area (Å²) in [4.78, 5) is 0. The van der Waals surface area contributed by atoms with Gasteiger partial charge in [0.15, 0.2) is 0 Å². The standard InChI is InChI=1S/C22H46O8/c23-15-19(27)17(25)13-11-9-7-5-3-1-2-4-6-8-10-12-14-18(26)21(29)22(30)20(28)16-24/h17-30H,1-16H2. The number of hydrogen-bond acceptors (Lipinski definition) is 8. The van der Waals surface area contributed by atoms with Crippen LogP contribution >= 0.6 is 0 Å². The molecule has 0 fully saturated rings. The second kappa shape index (κ2) is 19.4. The molecule has 0 bridgehead atoms. The van der Waals surface area contributed by atoms with Crippen LogP contribution in [0.15, 0.2) is 0 Å². The maximum Gasteiger partial charge on any atom is 0.110 e. The monoisotopic (exact) mass is 438 g/mol. The minimum absolute atomic E-state index is 0.354. The van der Waals surface area contributed by atoms with E-state index in [2.05, 4.69) is 0 Å². The van der Waals surface area contributed by atoms with E-state index < -0.39 is 49.8 Å². The topological polar surface area (TPSA) is 162 Å². The fourth-order valence-electron chi connectivity index (χ4n) is 3.52. The molecule has 0 aliphatic carbocycles. The lowest BCUT2D eigenvalue weighted by Crippen LogP contribution is -2.45. The first kappa shape index (κ1) is 29.7. The second-order valence-electron chi connectivity index (χ2n) is 8.44. The maximum absolute atomic E-state index is 9.84. The Labute approximate surface area is 181 Å². The van der Waals surface area contributed by atoms with E-state index in [1.165, 1.54) is 32.1 Å². The molecule has 0 aliphatic heterocycles. The van der Waals surface area contributed by atoms with Gasteiger partial charge in [-0.15, -0.1) is 0 Å². The van der Waals surface area contributed by atoms with Gasteiger partial charge in [-0.05, 0) is 12.8 Å². The van der Waals surface area contributed by atoms with E-state index in [4.69, 9.17) is 10.2 Å². The van der Waals surface area contributed by atoms with Crippen molar-refractivity contribution in [2.24, 2.45) is 0 Å². The molecule has 0 rings (SSSR count). The summed E-state index contributed by atoms with van der Waals surface area (Å²) >= 11 is 0. The van der Waals surface area contributed by atoms with E-state index >= 15 is 0 Å². The zero-order valence-electron chi connectivity index (χ0n) is 18.4. The van der Waals surface area contributed by atoms with Gasteiger partial charge in [0.05, 0.1) is 25.4 Å². The van der Waals surface area contributed by atoms with Gasteiger partial charge < -0.3 is 40.9 Å². The highest BCUT2D eigenvalue weighted by atomic mass is 16.4. The highest BCUT2D eigenvalue weighted by Gasteiger charge is 2.29. The highest BCUT2D eigenvalue weighted by molar-refractivity contribution is 4.80. The molecular weight excluding hydrogens is 392 g/mol. The van der Waals surface area contributed by atoms with Crippen molar-refractivity contribution in [2.45, 2.75) is 127 Å². The third-order valence-electron chi connectivity index (χ3n) is 5.71. The van der Waals surface area contributed by atoms with Gasteiger partial charge in [0.1, 0.15) is 24.4 Å². The van der Waals surface area contributed by atoms with Crippen molar-refractivity contribution >= 4 is 0 Å². The van der Waals surface area contributed by atoms with Crippen LogP contribution in [0.5, 0.6) is 0 Å². The maximum atomic E-state index is 9.84. The van der Waals surface area contributed by atoms with Gasteiger partial charge in [-0.2, -0.15) is 0 Å². The average molecular weight is 439 g/mol. The van der Waals surface area contributed by atoms with Crippen molar-refractivity contribution in [3.8, 4) is 0 Å². The Morgan fingerprint density at radius 2 is 0.633 bits per heavy atom. The lowest BCUT2D eigenvalue weighted by molar-refractivity contribution is -0.116. The normalized spacial score (nSPS) is 18.0. The van der Waals surface area contributed by atoms with E-state index in [9.17, 15) is 30.6 Å². The van der Waals surface area contributed by atoms with Crippen molar-refractivity contribution in [2.75, 3.05) is 13.2 Å². The first-order valence-corrected chi connectivity index (χ1v) is 11.6. The van der Waals surface area contributed by atoms with Gasteiger partial charge in [-0.3, -0.25) is 0 Å². The van der Waals surface area contributed by atoms with Crippen LogP contribution in [0, 0.1) is 0 Å². The first-order chi connectivity index (χ1) is 14.3. The quantitative estimate of drug-likeness (QED) is 0.121. The molecule has 30 heavy (non-hydrogen) atoms. The van der Waals surface area contributed by atoms with Crippen LogP contribution in [0.3, 0.4) is 0 Å². The Balaban J connectivity index is 3.41. The number of aliphatic hydroxyl groups is 8. The summed E-state index contributed by atoms with van der Waals surface area (Å²) < 4.78 is 0. The number of unbranched alkanes of at least 4 members (excludes halogenated alkanes) is 11. The van der Waals surface area contributed by atoms with Gasteiger partial charge in [-0.1, -0.05) is 77.0 Å². The summed E-state index contributed by atoms with van der Waals surface area (Å²) in [7, 11) is 0. The van der Waals surface area contributed by atoms with E-state index in [0.717, 1.165) is 44.9 Å². The van der Waals surface area contributed by atoms with Gasteiger partial charge in [0, 0.05) is 0 Å². The summed E-state index contributed by atoms with van der Waals surface area (Å²) in [6.07, 6.45) is 6.35. The van der Waals surface area contributed by atoms with E-state index in [1.807, 2.05) is 0 Å². The molecule has 0 heterocycles. The van der Waals surface area contributed by atoms with Crippen LogP contribution in [-0.4, -0.2) is 90.7 Å². The predicted molar refractivity (Wildman–Crippen MR) is 115 cm³/mol. The molecule has 6 atom stereocenters. The predicted octanol–water partition coefficient (Wildman–Crippen LogP) is 0.598. The summed E-state index contributed by atoms with van der Waals surface area (Å²) in [6.45, 7) is -1.06. The zero-order valence-corrected chi connectivity index (χ0v) is 18.4. The van der Waals surface area contributed by atoms with E-state index in [0.29, 0.717) is 12.8 Å². The van der Waals surface area contributed by atoms with Crippen LogP contribution in [0.25, 0.3) is 0 Å². The van der Waals surface area contributed by atoms with Crippen molar-refractivity contribution in [3.63, 3.8) is 0 Å². The molecule has 0 aromatic heterocycles. The molecule has 8 nitrogen and oxygen atoms in total. The summed E-state index contributed by atoms with van der Waals surface area (Å²) in [6, 6.07) is 0. The molecule has 6 unspecified atom stereocenters. The Morgan fingerprint density at radius 3 is 1.00 bits per heavy atom. The van der Waals surface area contributed by atoms with Gasteiger partial charge in [-0.25, -0.2) is 0 Å². The van der Waals surface area contributed by atoms with Crippen LogP contribution < -0.4 is 0 Å². The van der Waals surface area contributed by atoms with Crippen molar-refractivity contribution in [1.29, 1.82) is 0 Å². The summed E-state index contributed by atoms with van der Waals surface area (Å²) in [5.41, 5.74) is 0. The molecule has 0 aromatic rings. The van der Waals surface area contributed by atoms with Gasteiger partial charge in [0.25, 0.3) is 0 Å². The molecule has 0 radical (unpaired) electrons. The van der Waals surface area contributed by atoms with E-state index in [-0.39, 0.29) is 0 Å². The summed E-state index contributed by atoms with van der Waals surface area (Å²) in [5.74, 6) is 0.